The summed E-state index contributed by atoms with van der Waals surface area (Å²) in [7, 11) is 0. The standard InChI is InChI=1S/C15H20N2S/c1-10-2-4-11(5-3-10)15(16)12-8-14-13(17-9-12)6-7-18-14/h6-11,15H,2-5,16H2,1H3. The van der Waals surface area contributed by atoms with Crippen LogP contribution in [0.25, 0.3) is 10.2 Å². The summed E-state index contributed by atoms with van der Waals surface area (Å²) in [6.45, 7) is 2.35. The molecule has 2 aromatic rings. The summed E-state index contributed by atoms with van der Waals surface area (Å²) in [5.41, 5.74) is 8.74. The maximum Gasteiger partial charge on any atom is 0.0809 e. The summed E-state index contributed by atoms with van der Waals surface area (Å²) in [5.74, 6) is 1.52. The van der Waals surface area contributed by atoms with E-state index in [4.69, 9.17) is 5.73 Å². The molecule has 0 aromatic carbocycles. The van der Waals surface area contributed by atoms with Gasteiger partial charge in [0, 0.05) is 12.2 Å². The lowest BCUT2D eigenvalue weighted by atomic mass is 9.78. The number of pyridine rings is 1. The van der Waals surface area contributed by atoms with E-state index >= 15 is 0 Å². The van der Waals surface area contributed by atoms with Crippen molar-refractivity contribution in [3.63, 3.8) is 0 Å². The Kier molecular flexibility index (Phi) is 3.35. The molecule has 1 atom stereocenters. The van der Waals surface area contributed by atoms with E-state index in [9.17, 15) is 0 Å². The van der Waals surface area contributed by atoms with Crippen molar-refractivity contribution >= 4 is 21.6 Å². The first-order chi connectivity index (χ1) is 8.74. The van der Waals surface area contributed by atoms with E-state index in [1.165, 1.54) is 35.9 Å². The van der Waals surface area contributed by atoms with Gasteiger partial charge in [-0.2, -0.15) is 0 Å². The first-order valence-corrected chi connectivity index (χ1v) is 7.71. The van der Waals surface area contributed by atoms with E-state index < -0.39 is 0 Å². The van der Waals surface area contributed by atoms with Crippen LogP contribution in [-0.2, 0) is 0 Å². The van der Waals surface area contributed by atoms with Crippen LogP contribution >= 0.6 is 11.3 Å². The molecule has 2 N–H and O–H groups in total. The molecule has 0 aliphatic heterocycles. The molecular formula is C15H20N2S. The Morgan fingerprint density at radius 3 is 2.89 bits per heavy atom. The van der Waals surface area contributed by atoms with Crippen LogP contribution in [0.4, 0.5) is 0 Å². The molecule has 2 aromatic heterocycles. The Hall–Kier alpha value is -0.930. The third-order valence-electron chi connectivity index (χ3n) is 4.28. The van der Waals surface area contributed by atoms with Gasteiger partial charge in [0.2, 0.25) is 0 Å². The minimum absolute atomic E-state index is 0.163. The zero-order valence-electron chi connectivity index (χ0n) is 10.8. The molecule has 0 amide bonds. The predicted molar refractivity (Wildman–Crippen MR) is 77.7 cm³/mol. The summed E-state index contributed by atoms with van der Waals surface area (Å²) in [6, 6.07) is 4.46. The van der Waals surface area contributed by atoms with Crippen molar-refractivity contribution in [3.8, 4) is 0 Å². The van der Waals surface area contributed by atoms with Crippen molar-refractivity contribution in [3.05, 3.63) is 29.3 Å². The quantitative estimate of drug-likeness (QED) is 0.882. The first-order valence-electron chi connectivity index (χ1n) is 6.83. The first kappa shape index (κ1) is 12.1. The number of hydrogen-bond donors (Lipinski definition) is 1. The van der Waals surface area contributed by atoms with Crippen molar-refractivity contribution in [1.82, 2.24) is 4.98 Å². The van der Waals surface area contributed by atoms with Gasteiger partial charge >= 0.3 is 0 Å². The highest BCUT2D eigenvalue weighted by Gasteiger charge is 2.25. The Morgan fingerprint density at radius 1 is 1.33 bits per heavy atom. The topological polar surface area (TPSA) is 38.9 Å². The van der Waals surface area contributed by atoms with Gasteiger partial charge in [-0.15, -0.1) is 11.3 Å². The zero-order chi connectivity index (χ0) is 12.5. The molecule has 2 heterocycles. The van der Waals surface area contributed by atoms with Crippen molar-refractivity contribution < 1.29 is 0 Å². The van der Waals surface area contributed by atoms with Gasteiger partial charge in [0.1, 0.15) is 0 Å². The average molecular weight is 260 g/mol. The van der Waals surface area contributed by atoms with Gasteiger partial charge in [0.25, 0.3) is 0 Å². The van der Waals surface area contributed by atoms with Crippen LogP contribution in [0, 0.1) is 11.8 Å². The molecule has 3 rings (SSSR count). The van der Waals surface area contributed by atoms with Crippen molar-refractivity contribution in [1.29, 1.82) is 0 Å². The molecule has 1 unspecified atom stereocenters. The molecule has 1 aliphatic rings. The number of rotatable bonds is 2. The minimum atomic E-state index is 0.163. The third kappa shape index (κ3) is 2.29. The van der Waals surface area contributed by atoms with E-state index in [0.717, 1.165) is 11.4 Å². The smallest absolute Gasteiger partial charge is 0.0809 e. The average Bonchev–Trinajstić information content (AvgIpc) is 2.86. The van der Waals surface area contributed by atoms with Gasteiger partial charge in [-0.1, -0.05) is 19.8 Å². The summed E-state index contributed by atoms with van der Waals surface area (Å²) in [6.07, 6.45) is 7.16. The summed E-state index contributed by atoms with van der Waals surface area (Å²) >= 11 is 1.75. The van der Waals surface area contributed by atoms with Crippen molar-refractivity contribution in [2.24, 2.45) is 17.6 Å². The van der Waals surface area contributed by atoms with Crippen LogP contribution in [0.15, 0.2) is 23.7 Å². The van der Waals surface area contributed by atoms with Gasteiger partial charge in [0.05, 0.1) is 10.2 Å². The fraction of sp³-hybridized carbons (Fsp3) is 0.533. The van der Waals surface area contributed by atoms with Crippen molar-refractivity contribution in [2.45, 2.75) is 38.6 Å². The van der Waals surface area contributed by atoms with Gasteiger partial charge in [-0.05, 0) is 47.8 Å². The molecule has 1 saturated carbocycles. The highest BCUT2D eigenvalue weighted by molar-refractivity contribution is 7.17. The second-order valence-corrected chi connectivity index (χ2v) is 6.57. The normalized spacial score (nSPS) is 26.3. The monoisotopic (exact) mass is 260 g/mol. The Bertz CT molecular complexity index is 526. The van der Waals surface area contributed by atoms with Crippen molar-refractivity contribution in [2.75, 3.05) is 0 Å². The Balaban J connectivity index is 1.80. The SMILES string of the molecule is CC1CCC(C(N)c2cnc3ccsc3c2)CC1. The lowest BCUT2D eigenvalue weighted by Crippen LogP contribution is -2.25. The maximum absolute atomic E-state index is 6.44. The summed E-state index contributed by atoms with van der Waals surface area (Å²) in [4.78, 5) is 4.50. The minimum Gasteiger partial charge on any atom is -0.324 e. The fourth-order valence-electron chi connectivity index (χ4n) is 2.96. The number of aromatic nitrogens is 1. The molecule has 0 bridgehead atoms. The van der Waals surface area contributed by atoms with Crippen LogP contribution in [-0.4, -0.2) is 4.98 Å². The van der Waals surface area contributed by atoms with Crippen LogP contribution in [0.1, 0.15) is 44.2 Å². The predicted octanol–water partition coefficient (Wildman–Crippen LogP) is 4.12. The highest BCUT2D eigenvalue weighted by atomic mass is 32.1. The van der Waals surface area contributed by atoms with Crippen LogP contribution in [0.5, 0.6) is 0 Å². The number of nitrogens with two attached hydrogens (primary N) is 1. The number of thiophene rings is 1. The maximum atomic E-state index is 6.44. The van der Waals surface area contributed by atoms with Crippen LogP contribution in [0.2, 0.25) is 0 Å². The van der Waals surface area contributed by atoms with E-state index in [2.05, 4.69) is 29.4 Å². The largest absolute Gasteiger partial charge is 0.324 e. The Labute approximate surface area is 112 Å². The molecule has 0 spiro atoms. The van der Waals surface area contributed by atoms with Gasteiger partial charge < -0.3 is 5.73 Å². The Morgan fingerprint density at radius 2 is 2.11 bits per heavy atom. The molecule has 2 nitrogen and oxygen atoms in total. The van der Waals surface area contributed by atoms with E-state index in [1.807, 2.05) is 6.20 Å². The lowest BCUT2D eigenvalue weighted by molar-refractivity contribution is 0.256. The molecule has 0 radical (unpaired) electrons. The molecule has 0 saturated heterocycles. The summed E-state index contributed by atoms with van der Waals surface area (Å²) < 4.78 is 1.26. The fourth-order valence-corrected chi connectivity index (χ4v) is 3.75. The molecule has 18 heavy (non-hydrogen) atoms. The van der Waals surface area contributed by atoms with Crippen LogP contribution in [0.3, 0.4) is 0 Å². The third-order valence-corrected chi connectivity index (χ3v) is 5.13. The van der Waals surface area contributed by atoms with Crippen LogP contribution < -0.4 is 5.73 Å². The van der Waals surface area contributed by atoms with E-state index in [0.29, 0.717) is 5.92 Å². The second kappa shape index (κ2) is 4.98. The summed E-state index contributed by atoms with van der Waals surface area (Å²) in [5, 5.41) is 2.09. The molecule has 96 valence electrons. The van der Waals surface area contributed by atoms with E-state index in [1.54, 1.807) is 11.3 Å². The highest BCUT2D eigenvalue weighted by Crippen LogP contribution is 2.36. The number of hydrogen-bond acceptors (Lipinski definition) is 3. The number of fused-ring (bicyclic) bond motifs is 1. The molecular weight excluding hydrogens is 240 g/mol. The van der Waals surface area contributed by atoms with Gasteiger partial charge in [-0.3, -0.25) is 4.98 Å². The molecule has 1 fully saturated rings. The molecule has 1 aliphatic carbocycles. The lowest BCUT2D eigenvalue weighted by Gasteiger charge is -2.30. The number of nitrogens with zero attached hydrogens (tertiary/aromatic N) is 1. The molecule has 3 heteroatoms. The van der Waals surface area contributed by atoms with Gasteiger partial charge in [0.15, 0.2) is 0 Å². The zero-order valence-corrected chi connectivity index (χ0v) is 11.6. The second-order valence-electron chi connectivity index (χ2n) is 5.62. The van der Waals surface area contributed by atoms with E-state index in [-0.39, 0.29) is 6.04 Å². The van der Waals surface area contributed by atoms with Gasteiger partial charge in [-0.25, -0.2) is 0 Å².